The predicted molar refractivity (Wildman–Crippen MR) is 210 cm³/mol. The first kappa shape index (κ1) is 50.4. The lowest BCUT2D eigenvalue weighted by Crippen LogP contribution is -2.60. The van der Waals surface area contributed by atoms with E-state index in [-0.39, 0.29) is 19.4 Å². The molecule has 0 saturated carbocycles. The number of rotatable bonds is 35. The van der Waals surface area contributed by atoms with Gasteiger partial charge in [-0.1, -0.05) is 142 Å². The molecule has 0 aromatic heterocycles. The lowest BCUT2D eigenvalue weighted by molar-refractivity contribution is -0.297. The van der Waals surface area contributed by atoms with Crippen molar-refractivity contribution in [3.63, 3.8) is 0 Å². The van der Waals surface area contributed by atoms with Crippen molar-refractivity contribution in [1.82, 2.24) is 0 Å². The Morgan fingerprint density at radius 3 is 1.54 bits per heavy atom. The van der Waals surface area contributed by atoms with E-state index in [1.165, 1.54) is 89.9 Å². The molecular formula is C41H76O12S. The Balaban J connectivity index is 2.45. The molecule has 0 spiro atoms. The minimum atomic E-state index is -4.59. The zero-order valence-corrected chi connectivity index (χ0v) is 34.4. The summed E-state index contributed by atoms with van der Waals surface area (Å²) < 4.78 is 53.9. The smallest absolute Gasteiger partial charge is 0.306 e. The summed E-state index contributed by atoms with van der Waals surface area (Å²) in [5, 5.41) is 30.8. The third-order valence-corrected chi connectivity index (χ3v) is 10.6. The molecule has 318 valence electrons. The van der Waals surface area contributed by atoms with Crippen molar-refractivity contribution in [3.05, 3.63) is 12.2 Å². The van der Waals surface area contributed by atoms with Crippen molar-refractivity contribution >= 4 is 22.1 Å². The van der Waals surface area contributed by atoms with Gasteiger partial charge in [0.05, 0.1) is 6.61 Å². The monoisotopic (exact) mass is 793 g/mol. The van der Waals surface area contributed by atoms with E-state index in [0.717, 1.165) is 51.4 Å². The summed E-state index contributed by atoms with van der Waals surface area (Å²) in [6.45, 7) is 3.72. The summed E-state index contributed by atoms with van der Waals surface area (Å²) in [5.74, 6) is -1.98. The molecule has 1 aliphatic heterocycles. The van der Waals surface area contributed by atoms with Crippen LogP contribution >= 0.6 is 0 Å². The summed E-state index contributed by atoms with van der Waals surface area (Å²) in [6.07, 6.45) is 22.7. The van der Waals surface area contributed by atoms with Crippen LogP contribution in [-0.2, 0) is 38.7 Å². The maximum atomic E-state index is 12.8. The van der Waals surface area contributed by atoms with Gasteiger partial charge in [-0.15, -0.1) is 0 Å². The van der Waals surface area contributed by atoms with Crippen molar-refractivity contribution in [1.29, 1.82) is 0 Å². The number of carbonyl (C=O) groups is 2. The SMILES string of the molecule is CCCCCCCC/C=C\CCCCCCCCCC(=O)OC(COC(=O)CCCCCCCCCCC)COC1OC(CS(=O)(=O)O)C(O)C(O)C1O. The van der Waals surface area contributed by atoms with Crippen LogP contribution in [0.4, 0.5) is 0 Å². The molecule has 1 rings (SSSR count). The number of esters is 2. The number of ether oxygens (including phenoxy) is 4. The van der Waals surface area contributed by atoms with Crippen LogP contribution in [0.2, 0.25) is 0 Å². The maximum absolute atomic E-state index is 12.8. The molecule has 0 aromatic carbocycles. The number of aliphatic hydroxyl groups is 3. The molecule has 13 heteroatoms. The van der Waals surface area contributed by atoms with Crippen molar-refractivity contribution in [2.45, 2.75) is 218 Å². The van der Waals surface area contributed by atoms with Gasteiger partial charge in [-0.25, -0.2) is 0 Å². The Hall–Kier alpha value is -1.61. The largest absolute Gasteiger partial charge is 0.462 e. The molecule has 0 amide bonds. The zero-order valence-electron chi connectivity index (χ0n) is 33.6. The van der Waals surface area contributed by atoms with Crippen LogP contribution in [0.3, 0.4) is 0 Å². The fourth-order valence-electron chi connectivity index (χ4n) is 6.49. The molecule has 1 aliphatic rings. The number of unbranched alkanes of at least 4 members (excludes halogenated alkanes) is 21. The van der Waals surface area contributed by atoms with Crippen molar-refractivity contribution in [2.75, 3.05) is 19.0 Å². The Kier molecular flexibility index (Phi) is 30.3. The molecular weight excluding hydrogens is 717 g/mol. The number of aliphatic hydroxyl groups excluding tert-OH is 3. The predicted octanol–water partition coefficient (Wildman–Crippen LogP) is 7.89. The highest BCUT2D eigenvalue weighted by atomic mass is 32.2. The number of hydrogen-bond donors (Lipinski definition) is 4. The molecule has 0 radical (unpaired) electrons. The average molecular weight is 793 g/mol. The Labute approximate surface area is 326 Å². The van der Waals surface area contributed by atoms with Crippen LogP contribution in [0.5, 0.6) is 0 Å². The van der Waals surface area contributed by atoms with Crippen LogP contribution in [0.15, 0.2) is 12.2 Å². The fourth-order valence-corrected chi connectivity index (χ4v) is 7.19. The van der Waals surface area contributed by atoms with E-state index in [1.807, 2.05) is 0 Å². The van der Waals surface area contributed by atoms with Gasteiger partial charge in [0.15, 0.2) is 12.4 Å². The van der Waals surface area contributed by atoms with Gasteiger partial charge in [-0.2, -0.15) is 8.42 Å². The van der Waals surface area contributed by atoms with E-state index in [9.17, 15) is 37.9 Å². The molecule has 1 saturated heterocycles. The first-order valence-electron chi connectivity index (χ1n) is 21.2. The number of hydrogen-bond acceptors (Lipinski definition) is 11. The molecule has 12 nitrogen and oxygen atoms in total. The molecule has 0 aromatic rings. The van der Waals surface area contributed by atoms with Crippen LogP contribution in [0.25, 0.3) is 0 Å². The normalized spacial score (nSPS) is 21.0. The van der Waals surface area contributed by atoms with E-state index >= 15 is 0 Å². The molecule has 0 aliphatic carbocycles. The Morgan fingerprint density at radius 2 is 1.06 bits per heavy atom. The molecule has 0 bridgehead atoms. The van der Waals surface area contributed by atoms with E-state index < -0.39 is 71.2 Å². The molecule has 1 fully saturated rings. The average Bonchev–Trinajstić information content (AvgIpc) is 3.13. The van der Waals surface area contributed by atoms with E-state index in [1.54, 1.807) is 0 Å². The molecule has 54 heavy (non-hydrogen) atoms. The van der Waals surface area contributed by atoms with Crippen LogP contribution in [0.1, 0.15) is 181 Å². The highest BCUT2D eigenvalue weighted by Crippen LogP contribution is 2.24. The van der Waals surface area contributed by atoms with Crippen molar-refractivity contribution < 1.29 is 56.8 Å². The summed E-state index contributed by atoms with van der Waals surface area (Å²) in [4.78, 5) is 25.2. The lowest BCUT2D eigenvalue weighted by Gasteiger charge is -2.40. The van der Waals surface area contributed by atoms with Gasteiger partial charge in [0.2, 0.25) is 0 Å². The Morgan fingerprint density at radius 1 is 0.611 bits per heavy atom. The van der Waals surface area contributed by atoms with E-state index in [4.69, 9.17) is 18.9 Å². The van der Waals surface area contributed by atoms with Crippen LogP contribution in [0, 0.1) is 0 Å². The first-order chi connectivity index (χ1) is 26.0. The van der Waals surface area contributed by atoms with E-state index in [0.29, 0.717) is 12.8 Å². The second kappa shape index (κ2) is 32.5. The third-order valence-electron chi connectivity index (χ3n) is 9.85. The summed E-state index contributed by atoms with van der Waals surface area (Å²) in [7, 11) is -4.59. The van der Waals surface area contributed by atoms with Crippen LogP contribution < -0.4 is 0 Å². The molecule has 4 N–H and O–H groups in total. The lowest BCUT2D eigenvalue weighted by atomic mass is 10.00. The summed E-state index contributed by atoms with van der Waals surface area (Å²) >= 11 is 0. The second-order valence-electron chi connectivity index (χ2n) is 15.0. The minimum Gasteiger partial charge on any atom is -0.462 e. The minimum absolute atomic E-state index is 0.163. The van der Waals surface area contributed by atoms with Gasteiger partial charge >= 0.3 is 11.9 Å². The first-order valence-corrected chi connectivity index (χ1v) is 22.9. The van der Waals surface area contributed by atoms with Gasteiger partial charge in [-0.05, 0) is 38.5 Å². The zero-order chi connectivity index (χ0) is 39.9. The third kappa shape index (κ3) is 27.1. The quantitative estimate of drug-likeness (QED) is 0.0211. The van der Waals surface area contributed by atoms with Gasteiger partial charge < -0.3 is 34.3 Å². The Bertz CT molecular complexity index is 1070. The number of allylic oxidation sites excluding steroid dienone is 2. The van der Waals surface area contributed by atoms with Gasteiger partial charge in [0.1, 0.15) is 36.8 Å². The molecule has 6 unspecified atom stereocenters. The number of carbonyl (C=O) groups excluding carboxylic acids is 2. The van der Waals surface area contributed by atoms with Crippen molar-refractivity contribution in [2.24, 2.45) is 0 Å². The van der Waals surface area contributed by atoms with Crippen LogP contribution in [-0.4, -0.2) is 96.0 Å². The highest BCUT2D eigenvalue weighted by Gasteiger charge is 2.46. The maximum Gasteiger partial charge on any atom is 0.306 e. The van der Waals surface area contributed by atoms with E-state index in [2.05, 4.69) is 26.0 Å². The summed E-state index contributed by atoms with van der Waals surface area (Å²) in [5.41, 5.74) is 0. The van der Waals surface area contributed by atoms with Gasteiger partial charge in [0, 0.05) is 12.8 Å². The van der Waals surface area contributed by atoms with Gasteiger partial charge in [-0.3, -0.25) is 14.1 Å². The molecule has 6 atom stereocenters. The fraction of sp³-hybridized carbons (Fsp3) is 0.902. The standard InChI is InChI=1S/C41H76O12S/c1-3-5-7-9-11-13-14-15-16-17-18-19-20-22-24-26-28-30-37(43)52-34(31-50-36(42)29-27-25-23-21-12-10-8-6-4-2)32-51-41-40(46)39(45)38(44)35(53-41)33-54(47,48)49/h15-16,34-35,38-41,44-46H,3-14,17-33H2,1-2H3,(H,47,48,49)/b16-15-. The topological polar surface area (TPSA) is 186 Å². The summed E-state index contributed by atoms with van der Waals surface area (Å²) in [6, 6.07) is 0. The second-order valence-corrected chi connectivity index (χ2v) is 16.5. The highest BCUT2D eigenvalue weighted by molar-refractivity contribution is 7.85. The van der Waals surface area contributed by atoms with Gasteiger partial charge in [0.25, 0.3) is 10.1 Å². The molecule has 1 heterocycles. The van der Waals surface area contributed by atoms with Crippen molar-refractivity contribution in [3.8, 4) is 0 Å².